The quantitative estimate of drug-likeness (QED) is 0.572. The largest absolute Gasteiger partial charge is 0.416 e. The van der Waals surface area contributed by atoms with E-state index in [0.29, 0.717) is 31.6 Å². The lowest BCUT2D eigenvalue weighted by atomic mass is 9.80. The highest BCUT2D eigenvalue weighted by Crippen LogP contribution is 2.36. The van der Waals surface area contributed by atoms with Gasteiger partial charge in [0, 0.05) is 36.9 Å². The van der Waals surface area contributed by atoms with E-state index in [9.17, 15) is 27.9 Å². The summed E-state index contributed by atoms with van der Waals surface area (Å²) >= 11 is 0. The number of alkyl halides is 3. The van der Waals surface area contributed by atoms with Crippen LogP contribution in [0.5, 0.6) is 0 Å². The number of benzene rings is 1. The van der Waals surface area contributed by atoms with E-state index in [1.165, 1.54) is 6.07 Å². The van der Waals surface area contributed by atoms with Crippen molar-refractivity contribution in [3.63, 3.8) is 0 Å². The molecule has 35 heavy (non-hydrogen) atoms. The minimum Gasteiger partial charge on any atom is -0.383 e. The van der Waals surface area contributed by atoms with Crippen molar-refractivity contribution in [2.75, 3.05) is 19.6 Å². The molecule has 1 aliphatic carbocycles. The molecule has 0 spiro atoms. The summed E-state index contributed by atoms with van der Waals surface area (Å²) in [4.78, 5) is 26.4. The third-order valence-corrected chi connectivity index (χ3v) is 6.73. The Bertz CT molecular complexity index is 1040. The zero-order chi connectivity index (χ0) is 25.1. The Morgan fingerprint density at radius 3 is 2.57 bits per heavy atom. The van der Waals surface area contributed by atoms with Gasteiger partial charge in [0.2, 0.25) is 5.91 Å². The average molecular weight is 492 g/mol. The Kier molecular flexibility index (Phi) is 7.36. The van der Waals surface area contributed by atoms with Gasteiger partial charge < -0.3 is 20.6 Å². The van der Waals surface area contributed by atoms with Crippen LogP contribution in [0.3, 0.4) is 0 Å². The molecule has 1 aliphatic heterocycles. The molecule has 1 saturated carbocycles. The topological polar surface area (TPSA) is 107 Å². The van der Waals surface area contributed by atoms with Gasteiger partial charge in [-0.1, -0.05) is 6.07 Å². The van der Waals surface area contributed by atoms with Crippen molar-refractivity contribution < 1.29 is 27.9 Å². The van der Waals surface area contributed by atoms with Crippen LogP contribution >= 0.6 is 0 Å². The summed E-state index contributed by atoms with van der Waals surface area (Å²) in [6.07, 6.45) is 0.467. The summed E-state index contributed by atoms with van der Waals surface area (Å²) in [7, 11) is 0. The fourth-order valence-electron chi connectivity index (χ4n) is 4.73. The van der Waals surface area contributed by atoms with E-state index >= 15 is 0 Å². The Hall–Kier alpha value is -3.05. The van der Waals surface area contributed by atoms with Crippen LogP contribution < -0.4 is 10.6 Å². The van der Waals surface area contributed by atoms with Crippen LogP contribution in [-0.2, 0) is 16.6 Å². The Balaban J connectivity index is 1.21. The van der Waals surface area contributed by atoms with Gasteiger partial charge in [0.25, 0.3) is 5.91 Å². The summed E-state index contributed by atoms with van der Waals surface area (Å²) in [5.41, 5.74) is -1.44. The molecule has 0 unspecified atom stereocenters. The standard InChI is InChI=1S/C24H28F3N5O3/c25-24(26,27)17-4-1-3-16(13-17)22(34)28-14-21(33)32-12-8-19(15-32)30-18-6-9-23(35,10-7-18)20-5-2-11-29-31-20/h1-5,11,13,18-19,30,35H,6-10,12,14-15H2,(H,28,34)/t18?,19-,23?/m0/s1. The fourth-order valence-corrected chi connectivity index (χ4v) is 4.73. The normalized spacial score (nSPS) is 24.9. The predicted molar refractivity (Wildman–Crippen MR) is 120 cm³/mol. The minimum absolute atomic E-state index is 0.103. The molecule has 11 heteroatoms. The van der Waals surface area contributed by atoms with Crippen LogP contribution in [0.2, 0.25) is 0 Å². The number of aliphatic hydroxyl groups is 1. The third kappa shape index (κ3) is 6.15. The molecular weight excluding hydrogens is 463 g/mol. The number of hydrogen-bond acceptors (Lipinski definition) is 6. The number of nitrogens with zero attached hydrogens (tertiary/aromatic N) is 3. The van der Waals surface area contributed by atoms with Crippen molar-refractivity contribution in [2.24, 2.45) is 0 Å². The lowest BCUT2D eigenvalue weighted by molar-refractivity contribution is -0.137. The van der Waals surface area contributed by atoms with E-state index < -0.39 is 23.2 Å². The second kappa shape index (κ2) is 10.3. The molecule has 1 aromatic heterocycles. The number of halogens is 3. The van der Waals surface area contributed by atoms with E-state index in [0.717, 1.165) is 37.5 Å². The number of hydrogen-bond donors (Lipinski definition) is 3. The highest BCUT2D eigenvalue weighted by Gasteiger charge is 2.37. The molecule has 1 aromatic carbocycles. The van der Waals surface area contributed by atoms with E-state index in [1.54, 1.807) is 23.2 Å². The van der Waals surface area contributed by atoms with Crippen molar-refractivity contribution in [1.82, 2.24) is 25.7 Å². The second-order valence-electron chi connectivity index (χ2n) is 9.17. The van der Waals surface area contributed by atoms with Crippen molar-refractivity contribution in [2.45, 2.75) is 56.0 Å². The van der Waals surface area contributed by atoms with Gasteiger partial charge in [0.15, 0.2) is 0 Å². The van der Waals surface area contributed by atoms with Gasteiger partial charge in [-0.25, -0.2) is 0 Å². The summed E-state index contributed by atoms with van der Waals surface area (Å²) < 4.78 is 38.6. The second-order valence-corrected chi connectivity index (χ2v) is 9.17. The maximum absolute atomic E-state index is 12.9. The highest BCUT2D eigenvalue weighted by molar-refractivity contribution is 5.96. The zero-order valence-corrected chi connectivity index (χ0v) is 19.1. The number of aromatic nitrogens is 2. The molecule has 1 saturated heterocycles. The molecule has 4 rings (SSSR count). The lowest BCUT2D eigenvalue weighted by Crippen LogP contribution is -2.46. The number of nitrogens with one attached hydrogen (secondary N) is 2. The maximum atomic E-state index is 12.9. The summed E-state index contributed by atoms with van der Waals surface area (Å²) in [6, 6.07) is 7.96. The molecule has 0 bridgehead atoms. The molecule has 188 valence electrons. The first-order valence-corrected chi connectivity index (χ1v) is 11.6. The third-order valence-electron chi connectivity index (χ3n) is 6.73. The van der Waals surface area contributed by atoms with Gasteiger partial charge in [0.1, 0.15) is 5.60 Å². The van der Waals surface area contributed by atoms with E-state index in [2.05, 4.69) is 20.8 Å². The van der Waals surface area contributed by atoms with Crippen LogP contribution in [-0.4, -0.2) is 63.7 Å². The Morgan fingerprint density at radius 1 is 1.11 bits per heavy atom. The number of carbonyl (C=O) groups excluding carboxylic acids is 2. The van der Waals surface area contributed by atoms with Crippen LogP contribution in [0.25, 0.3) is 0 Å². The monoisotopic (exact) mass is 491 g/mol. The van der Waals surface area contributed by atoms with Gasteiger partial charge in [-0.2, -0.15) is 23.4 Å². The van der Waals surface area contributed by atoms with Crippen molar-refractivity contribution >= 4 is 11.8 Å². The summed E-state index contributed by atoms with van der Waals surface area (Å²) in [5.74, 6) is -1.01. The summed E-state index contributed by atoms with van der Waals surface area (Å²) in [5, 5.41) is 24.8. The molecule has 2 aromatic rings. The molecule has 3 N–H and O–H groups in total. The zero-order valence-electron chi connectivity index (χ0n) is 19.1. The molecule has 2 amide bonds. The average Bonchev–Trinajstić information content (AvgIpc) is 3.32. The maximum Gasteiger partial charge on any atom is 0.416 e. The van der Waals surface area contributed by atoms with Crippen LogP contribution in [0, 0.1) is 0 Å². The van der Waals surface area contributed by atoms with Gasteiger partial charge in [-0.3, -0.25) is 9.59 Å². The van der Waals surface area contributed by atoms with Crippen LogP contribution in [0.4, 0.5) is 13.2 Å². The lowest BCUT2D eigenvalue weighted by Gasteiger charge is -2.36. The van der Waals surface area contributed by atoms with Gasteiger partial charge >= 0.3 is 6.18 Å². The first kappa shape index (κ1) is 25.1. The molecular formula is C24H28F3N5O3. The molecule has 2 aliphatic rings. The molecule has 8 nitrogen and oxygen atoms in total. The van der Waals surface area contributed by atoms with Gasteiger partial charge in [-0.05, 0) is 62.4 Å². The number of rotatable bonds is 6. The number of amides is 2. The van der Waals surface area contributed by atoms with Gasteiger partial charge in [-0.15, -0.1) is 0 Å². The molecule has 2 heterocycles. The number of likely N-dealkylation sites (tertiary alicyclic amines) is 1. The summed E-state index contributed by atoms with van der Waals surface area (Å²) in [6.45, 7) is 0.742. The van der Waals surface area contributed by atoms with Crippen molar-refractivity contribution in [3.05, 3.63) is 59.4 Å². The molecule has 0 radical (unpaired) electrons. The fraction of sp³-hybridized carbons (Fsp3) is 0.500. The van der Waals surface area contributed by atoms with E-state index in [-0.39, 0.29) is 30.1 Å². The van der Waals surface area contributed by atoms with Crippen molar-refractivity contribution in [3.8, 4) is 0 Å². The van der Waals surface area contributed by atoms with Crippen LogP contribution in [0.1, 0.15) is 53.7 Å². The predicted octanol–water partition coefficient (Wildman–Crippen LogP) is 2.25. The van der Waals surface area contributed by atoms with E-state index in [4.69, 9.17) is 0 Å². The first-order chi connectivity index (χ1) is 16.6. The SMILES string of the molecule is O=C(NCC(=O)N1CC[C@H](NC2CCC(O)(c3cccnn3)CC2)C1)c1cccc(C(F)(F)F)c1. The Labute approximate surface area is 200 Å². The molecule has 1 atom stereocenters. The van der Waals surface area contributed by atoms with Crippen LogP contribution in [0.15, 0.2) is 42.6 Å². The Morgan fingerprint density at radius 2 is 1.89 bits per heavy atom. The van der Waals surface area contributed by atoms with Crippen molar-refractivity contribution in [1.29, 1.82) is 0 Å². The smallest absolute Gasteiger partial charge is 0.383 e. The first-order valence-electron chi connectivity index (χ1n) is 11.6. The highest BCUT2D eigenvalue weighted by atomic mass is 19.4. The number of carbonyl (C=O) groups is 2. The van der Waals surface area contributed by atoms with E-state index in [1.807, 2.05) is 0 Å². The minimum atomic E-state index is -4.55. The molecule has 2 fully saturated rings. The van der Waals surface area contributed by atoms with Gasteiger partial charge in [0.05, 0.1) is 17.8 Å².